The van der Waals surface area contributed by atoms with Gasteiger partial charge in [-0.05, 0) is 40.6 Å². The molecule has 0 atom stereocenters. The summed E-state index contributed by atoms with van der Waals surface area (Å²) in [5.41, 5.74) is 2.54. The van der Waals surface area contributed by atoms with E-state index >= 15 is 0 Å². The molecule has 3 nitrogen and oxygen atoms in total. The van der Waals surface area contributed by atoms with Gasteiger partial charge in [-0.3, -0.25) is 14.5 Å². The predicted molar refractivity (Wildman–Crippen MR) is 70.4 cm³/mol. The van der Waals surface area contributed by atoms with Crippen LogP contribution in [0.15, 0.2) is 27.7 Å². The van der Waals surface area contributed by atoms with E-state index in [1.165, 1.54) is 16.5 Å². The highest BCUT2D eigenvalue weighted by Gasteiger charge is 2.37. The number of Topliss-reactive ketones (excluding diaryl/α,β-unsaturated/α-hetero) is 1. The van der Waals surface area contributed by atoms with Crippen LogP contribution in [-0.2, 0) is 4.79 Å². The van der Waals surface area contributed by atoms with E-state index in [-0.39, 0.29) is 12.1 Å². The van der Waals surface area contributed by atoms with Gasteiger partial charge < -0.3 is 0 Å². The summed E-state index contributed by atoms with van der Waals surface area (Å²) in [6.07, 6.45) is 0. The number of halogens is 3. The van der Waals surface area contributed by atoms with E-state index in [1.807, 2.05) is 0 Å². The summed E-state index contributed by atoms with van der Waals surface area (Å²) >= 11 is 8.72. The normalized spacial score (nSPS) is 15.3. The molecule has 0 aromatic heterocycles. The number of amides is 1. The third-order valence-corrected chi connectivity index (χ3v) is 3.55. The van der Waals surface area contributed by atoms with Crippen LogP contribution in [0.25, 0.3) is 0 Å². The van der Waals surface area contributed by atoms with Gasteiger partial charge in [0.2, 0.25) is 0 Å². The molecule has 6 heteroatoms. The number of benzene rings is 1. The Morgan fingerprint density at radius 1 is 1.50 bits per heavy atom. The molecule has 0 bridgehead atoms. The first-order valence-electron chi connectivity index (χ1n) is 5.06. The topological polar surface area (TPSA) is 37.4 Å². The van der Waals surface area contributed by atoms with Gasteiger partial charge in [-0.25, -0.2) is 4.39 Å². The highest BCUT2D eigenvalue weighted by atomic mass is 79.9. The van der Waals surface area contributed by atoms with Gasteiger partial charge in [-0.2, -0.15) is 0 Å². The van der Waals surface area contributed by atoms with Crippen molar-refractivity contribution in [3.8, 4) is 0 Å². The summed E-state index contributed by atoms with van der Waals surface area (Å²) in [6, 6.07) is 2.29. The smallest absolute Gasteiger partial charge is 0.299 e. The van der Waals surface area contributed by atoms with E-state index in [9.17, 15) is 14.0 Å². The van der Waals surface area contributed by atoms with Gasteiger partial charge in [0.1, 0.15) is 5.82 Å². The fourth-order valence-corrected chi connectivity index (χ4v) is 2.50. The average Bonchev–Trinajstić information content (AvgIpc) is 2.54. The van der Waals surface area contributed by atoms with Gasteiger partial charge in [0, 0.05) is 16.6 Å². The van der Waals surface area contributed by atoms with Crippen LogP contribution in [0.3, 0.4) is 0 Å². The summed E-state index contributed by atoms with van der Waals surface area (Å²) in [6.45, 7) is 1.94. The number of nitrogens with zero attached hydrogens (tertiary/aromatic N) is 1. The zero-order valence-corrected chi connectivity index (χ0v) is 11.7. The van der Waals surface area contributed by atoms with E-state index in [0.29, 0.717) is 10.2 Å². The molecule has 0 saturated carbocycles. The zero-order chi connectivity index (χ0) is 13.4. The van der Waals surface area contributed by atoms with Gasteiger partial charge in [-0.1, -0.05) is 11.6 Å². The second-order valence-electron chi connectivity index (χ2n) is 3.96. The Bertz CT molecular complexity index is 586. The molecular formula is C12H8BrClFNO2. The van der Waals surface area contributed by atoms with E-state index < -0.39 is 17.5 Å². The molecule has 94 valence electrons. The maximum atomic E-state index is 13.2. The minimum atomic E-state index is -0.701. The van der Waals surface area contributed by atoms with Gasteiger partial charge in [0.05, 0.1) is 11.3 Å². The van der Waals surface area contributed by atoms with Crippen molar-refractivity contribution in [1.82, 2.24) is 0 Å². The number of rotatable bonds is 2. The van der Waals surface area contributed by atoms with Crippen LogP contribution in [0.4, 0.5) is 10.1 Å². The van der Waals surface area contributed by atoms with Crippen molar-refractivity contribution in [3.63, 3.8) is 0 Å². The predicted octanol–water partition coefficient (Wildman–Crippen LogP) is 3.26. The Hall–Kier alpha value is -1.20. The zero-order valence-electron chi connectivity index (χ0n) is 9.34. The molecule has 0 spiro atoms. The number of carbonyl (C=O) groups excluding carboxylic acids is 2. The molecule has 0 unspecified atom stereocenters. The lowest BCUT2D eigenvalue weighted by Gasteiger charge is -2.17. The molecule has 1 aromatic rings. The molecular weight excluding hydrogens is 324 g/mol. The SMILES string of the molecule is C/C(=C/Cl)CN1C(=O)C(=O)c2cc(F)cc(Br)c21. The maximum Gasteiger partial charge on any atom is 0.299 e. The molecule has 1 heterocycles. The van der Waals surface area contributed by atoms with Crippen LogP contribution in [0.5, 0.6) is 0 Å². The van der Waals surface area contributed by atoms with Crippen LogP contribution in [0.1, 0.15) is 17.3 Å². The Morgan fingerprint density at radius 3 is 2.78 bits per heavy atom. The van der Waals surface area contributed by atoms with E-state index in [1.54, 1.807) is 6.92 Å². The number of fused-ring (bicyclic) bond motifs is 1. The lowest BCUT2D eigenvalue weighted by Crippen LogP contribution is -2.31. The molecule has 18 heavy (non-hydrogen) atoms. The average molecular weight is 333 g/mol. The number of ketones is 1. The molecule has 0 fully saturated rings. The minimum Gasteiger partial charge on any atom is -0.299 e. The van der Waals surface area contributed by atoms with Crippen molar-refractivity contribution in [2.75, 3.05) is 11.4 Å². The van der Waals surface area contributed by atoms with E-state index in [2.05, 4.69) is 15.9 Å². The van der Waals surface area contributed by atoms with Gasteiger partial charge in [-0.15, -0.1) is 0 Å². The second kappa shape index (κ2) is 4.82. The van der Waals surface area contributed by atoms with Crippen molar-refractivity contribution in [1.29, 1.82) is 0 Å². The molecule has 0 N–H and O–H groups in total. The Morgan fingerprint density at radius 2 is 2.17 bits per heavy atom. The van der Waals surface area contributed by atoms with Crippen molar-refractivity contribution < 1.29 is 14.0 Å². The van der Waals surface area contributed by atoms with Gasteiger partial charge in [0.15, 0.2) is 0 Å². The Balaban J connectivity index is 2.55. The summed E-state index contributed by atoms with van der Waals surface area (Å²) < 4.78 is 13.6. The first-order chi connectivity index (χ1) is 8.45. The number of carbonyl (C=O) groups is 2. The second-order valence-corrected chi connectivity index (χ2v) is 5.03. The van der Waals surface area contributed by atoms with Crippen LogP contribution >= 0.6 is 27.5 Å². The minimum absolute atomic E-state index is 0.0780. The molecule has 0 radical (unpaired) electrons. The van der Waals surface area contributed by atoms with Crippen molar-refractivity contribution >= 4 is 44.9 Å². The Labute approximate surface area is 116 Å². The first-order valence-corrected chi connectivity index (χ1v) is 6.29. The summed E-state index contributed by atoms with van der Waals surface area (Å²) in [5, 5.41) is 0. The lowest BCUT2D eigenvalue weighted by atomic mass is 10.1. The fraction of sp³-hybridized carbons (Fsp3) is 0.167. The molecule has 1 aliphatic rings. The molecule has 2 rings (SSSR count). The van der Waals surface area contributed by atoms with Crippen LogP contribution in [0, 0.1) is 5.82 Å². The molecule has 1 aliphatic heterocycles. The third-order valence-electron chi connectivity index (χ3n) is 2.58. The number of anilines is 1. The lowest BCUT2D eigenvalue weighted by molar-refractivity contribution is -0.114. The maximum absolute atomic E-state index is 13.2. The first kappa shape index (κ1) is 13.2. The Kier molecular flexibility index (Phi) is 3.54. The quantitative estimate of drug-likeness (QED) is 0.780. The summed E-state index contributed by atoms with van der Waals surface area (Å²) in [5.74, 6) is -1.94. The number of hydrogen-bond donors (Lipinski definition) is 0. The van der Waals surface area contributed by atoms with E-state index in [4.69, 9.17) is 11.6 Å². The monoisotopic (exact) mass is 331 g/mol. The fourth-order valence-electron chi connectivity index (χ4n) is 1.79. The third kappa shape index (κ3) is 2.08. The van der Waals surface area contributed by atoms with Crippen molar-refractivity contribution in [3.05, 3.63) is 39.1 Å². The van der Waals surface area contributed by atoms with Crippen LogP contribution < -0.4 is 4.90 Å². The summed E-state index contributed by atoms with van der Waals surface area (Å²) in [7, 11) is 0. The van der Waals surface area contributed by atoms with Crippen LogP contribution in [0.2, 0.25) is 0 Å². The summed E-state index contributed by atoms with van der Waals surface area (Å²) in [4.78, 5) is 24.9. The van der Waals surface area contributed by atoms with Crippen LogP contribution in [-0.4, -0.2) is 18.2 Å². The van der Waals surface area contributed by atoms with E-state index in [0.717, 1.165) is 11.6 Å². The van der Waals surface area contributed by atoms with Crippen molar-refractivity contribution in [2.24, 2.45) is 0 Å². The molecule has 1 aromatic carbocycles. The molecule has 1 amide bonds. The van der Waals surface area contributed by atoms with Gasteiger partial charge in [0.25, 0.3) is 11.7 Å². The van der Waals surface area contributed by atoms with Gasteiger partial charge >= 0.3 is 0 Å². The highest BCUT2D eigenvalue weighted by molar-refractivity contribution is 9.10. The van der Waals surface area contributed by atoms with Crippen molar-refractivity contribution in [2.45, 2.75) is 6.92 Å². The standard InChI is InChI=1S/C12H8BrClFNO2/c1-6(4-14)5-16-10-8(11(17)12(16)18)2-7(15)3-9(10)13/h2-4H,5H2,1H3/b6-4-. The number of hydrogen-bond acceptors (Lipinski definition) is 2. The molecule has 0 aliphatic carbocycles. The molecule has 0 saturated heterocycles. The largest absolute Gasteiger partial charge is 0.299 e. The highest BCUT2D eigenvalue weighted by Crippen LogP contribution is 2.37.